The van der Waals surface area contributed by atoms with E-state index in [-0.39, 0.29) is 11.2 Å². The van der Waals surface area contributed by atoms with Gasteiger partial charge in [-0.1, -0.05) is 41.1 Å². The van der Waals surface area contributed by atoms with E-state index in [0.717, 1.165) is 28.1 Å². The van der Waals surface area contributed by atoms with Crippen molar-refractivity contribution in [2.45, 2.75) is 44.6 Å². The minimum absolute atomic E-state index is 0.0874. The van der Waals surface area contributed by atoms with Gasteiger partial charge < -0.3 is 9.73 Å². The number of aryl methyl sites for hydroxylation is 3. The Labute approximate surface area is 202 Å². The van der Waals surface area contributed by atoms with E-state index < -0.39 is 0 Å². The maximum atomic E-state index is 13.0. The first-order chi connectivity index (χ1) is 15.8. The van der Waals surface area contributed by atoms with Crippen LogP contribution in [0.4, 0.5) is 5.69 Å². The van der Waals surface area contributed by atoms with Crippen LogP contribution in [0.3, 0.4) is 0 Å². The van der Waals surface area contributed by atoms with Crippen molar-refractivity contribution in [3.05, 3.63) is 82.3 Å². The second kappa shape index (κ2) is 9.85. The van der Waals surface area contributed by atoms with Gasteiger partial charge in [-0.05, 0) is 75.2 Å². The van der Waals surface area contributed by atoms with E-state index in [1.807, 2.05) is 68.7 Å². The Morgan fingerprint density at radius 2 is 1.82 bits per heavy atom. The topological polar surface area (TPSA) is 73.0 Å². The molecule has 4 rings (SSSR count). The molecule has 6 nitrogen and oxygen atoms in total. The number of anilines is 1. The SMILES string of the molecule is Cc1cc(C)c(NC(=O)C(C)Sc2nnc(-c3ccc(Cl)cc3)n2Cc2ccco2)c(C)c1. The number of carbonyl (C=O) groups is 1. The summed E-state index contributed by atoms with van der Waals surface area (Å²) in [6.45, 7) is 8.38. The van der Waals surface area contributed by atoms with Crippen molar-refractivity contribution in [1.29, 1.82) is 0 Å². The molecule has 0 bridgehead atoms. The number of hydrogen-bond donors (Lipinski definition) is 1. The molecule has 1 unspecified atom stereocenters. The minimum atomic E-state index is -0.386. The Bertz CT molecular complexity index is 1240. The molecule has 0 saturated carbocycles. The molecule has 170 valence electrons. The van der Waals surface area contributed by atoms with Crippen LogP contribution in [0.5, 0.6) is 0 Å². The van der Waals surface area contributed by atoms with Crippen LogP contribution in [-0.2, 0) is 11.3 Å². The van der Waals surface area contributed by atoms with Gasteiger partial charge in [0.15, 0.2) is 11.0 Å². The third kappa shape index (κ3) is 5.31. The first-order valence-corrected chi connectivity index (χ1v) is 11.8. The fourth-order valence-electron chi connectivity index (χ4n) is 3.70. The molecule has 2 heterocycles. The van der Waals surface area contributed by atoms with Crippen molar-refractivity contribution in [2.75, 3.05) is 5.32 Å². The second-order valence-electron chi connectivity index (χ2n) is 8.00. The fraction of sp³-hybridized carbons (Fsp3) is 0.240. The Morgan fingerprint density at radius 3 is 2.45 bits per heavy atom. The summed E-state index contributed by atoms with van der Waals surface area (Å²) in [5, 5.41) is 12.8. The molecule has 0 saturated heterocycles. The summed E-state index contributed by atoms with van der Waals surface area (Å²) in [6.07, 6.45) is 1.64. The maximum Gasteiger partial charge on any atom is 0.237 e. The Kier molecular flexibility index (Phi) is 6.91. The van der Waals surface area contributed by atoms with Crippen LogP contribution in [0.25, 0.3) is 11.4 Å². The van der Waals surface area contributed by atoms with Crippen LogP contribution in [0.15, 0.2) is 64.4 Å². The molecule has 4 aromatic rings. The Hall–Kier alpha value is -3.03. The van der Waals surface area contributed by atoms with E-state index in [4.69, 9.17) is 16.0 Å². The summed E-state index contributed by atoms with van der Waals surface area (Å²) in [5.41, 5.74) is 5.00. The van der Waals surface area contributed by atoms with Gasteiger partial charge in [-0.25, -0.2) is 0 Å². The van der Waals surface area contributed by atoms with E-state index in [9.17, 15) is 4.79 Å². The van der Waals surface area contributed by atoms with Crippen molar-refractivity contribution < 1.29 is 9.21 Å². The lowest BCUT2D eigenvalue weighted by Crippen LogP contribution is -2.24. The fourth-order valence-corrected chi connectivity index (χ4v) is 4.68. The summed E-state index contributed by atoms with van der Waals surface area (Å²) in [6, 6.07) is 15.3. The largest absolute Gasteiger partial charge is 0.467 e. The van der Waals surface area contributed by atoms with Crippen LogP contribution < -0.4 is 5.32 Å². The van der Waals surface area contributed by atoms with Gasteiger partial charge in [0.05, 0.1) is 18.1 Å². The van der Waals surface area contributed by atoms with Crippen LogP contribution in [0.1, 0.15) is 29.4 Å². The van der Waals surface area contributed by atoms with Gasteiger partial charge in [-0.15, -0.1) is 10.2 Å². The number of aromatic nitrogens is 3. The highest BCUT2D eigenvalue weighted by molar-refractivity contribution is 8.00. The van der Waals surface area contributed by atoms with Crippen molar-refractivity contribution in [2.24, 2.45) is 0 Å². The standard InChI is InChI=1S/C25H25ClN4O2S/c1-15-12-16(2)22(17(3)13-15)27-24(31)18(4)33-25-29-28-23(19-7-9-20(26)10-8-19)30(25)14-21-6-5-11-32-21/h5-13,18H,14H2,1-4H3,(H,27,31). The van der Waals surface area contributed by atoms with E-state index in [1.54, 1.807) is 6.26 Å². The molecule has 1 N–H and O–H groups in total. The van der Waals surface area contributed by atoms with Crippen LogP contribution in [-0.4, -0.2) is 25.9 Å². The highest BCUT2D eigenvalue weighted by atomic mass is 35.5. The normalized spacial score (nSPS) is 12.0. The molecule has 2 aromatic heterocycles. The van der Waals surface area contributed by atoms with Crippen LogP contribution in [0, 0.1) is 20.8 Å². The average Bonchev–Trinajstić information content (AvgIpc) is 3.42. The third-order valence-electron chi connectivity index (χ3n) is 5.29. The van der Waals surface area contributed by atoms with Gasteiger partial charge >= 0.3 is 0 Å². The number of carbonyl (C=O) groups excluding carboxylic acids is 1. The summed E-state index contributed by atoms with van der Waals surface area (Å²) in [5.74, 6) is 1.37. The molecular weight excluding hydrogens is 456 g/mol. The molecule has 1 amide bonds. The van der Waals surface area contributed by atoms with Crippen molar-refractivity contribution in [1.82, 2.24) is 14.8 Å². The number of thioether (sulfide) groups is 1. The zero-order valence-electron chi connectivity index (χ0n) is 18.9. The number of furan rings is 1. The van der Waals surface area contributed by atoms with Crippen LogP contribution in [0.2, 0.25) is 5.02 Å². The van der Waals surface area contributed by atoms with Gasteiger partial charge in [0.1, 0.15) is 5.76 Å². The lowest BCUT2D eigenvalue weighted by Gasteiger charge is -2.16. The molecule has 0 aliphatic rings. The van der Waals surface area contributed by atoms with E-state index in [0.29, 0.717) is 22.5 Å². The summed E-state index contributed by atoms with van der Waals surface area (Å²) in [7, 11) is 0. The van der Waals surface area contributed by atoms with Gasteiger partial charge in [-0.2, -0.15) is 0 Å². The zero-order valence-corrected chi connectivity index (χ0v) is 20.5. The van der Waals surface area contributed by atoms with Gasteiger partial charge in [-0.3, -0.25) is 9.36 Å². The average molecular weight is 481 g/mol. The molecule has 33 heavy (non-hydrogen) atoms. The first-order valence-electron chi connectivity index (χ1n) is 10.6. The minimum Gasteiger partial charge on any atom is -0.467 e. The number of nitrogens with one attached hydrogen (secondary N) is 1. The lowest BCUT2D eigenvalue weighted by atomic mass is 10.1. The van der Waals surface area contributed by atoms with E-state index in [2.05, 4.69) is 27.6 Å². The Morgan fingerprint density at radius 1 is 1.12 bits per heavy atom. The molecule has 0 radical (unpaired) electrons. The van der Waals surface area contributed by atoms with E-state index >= 15 is 0 Å². The number of benzene rings is 2. The summed E-state index contributed by atoms with van der Waals surface area (Å²) < 4.78 is 7.51. The smallest absolute Gasteiger partial charge is 0.237 e. The maximum absolute atomic E-state index is 13.0. The first kappa shape index (κ1) is 23.1. The molecule has 0 aliphatic heterocycles. The van der Waals surface area contributed by atoms with Crippen LogP contribution >= 0.6 is 23.4 Å². The highest BCUT2D eigenvalue weighted by Crippen LogP contribution is 2.30. The quantitative estimate of drug-likeness (QED) is 0.315. The summed E-state index contributed by atoms with van der Waals surface area (Å²) in [4.78, 5) is 13.0. The lowest BCUT2D eigenvalue weighted by molar-refractivity contribution is -0.115. The van der Waals surface area contributed by atoms with Gasteiger partial charge in [0.25, 0.3) is 0 Å². The summed E-state index contributed by atoms with van der Waals surface area (Å²) >= 11 is 7.42. The third-order valence-corrected chi connectivity index (χ3v) is 6.62. The molecular formula is C25H25ClN4O2S. The Balaban J connectivity index is 1.59. The highest BCUT2D eigenvalue weighted by Gasteiger charge is 2.22. The second-order valence-corrected chi connectivity index (χ2v) is 9.75. The molecule has 1 atom stereocenters. The van der Waals surface area contributed by atoms with Crippen molar-refractivity contribution in [3.8, 4) is 11.4 Å². The number of amides is 1. The number of nitrogens with zero attached hydrogens (tertiary/aromatic N) is 3. The molecule has 8 heteroatoms. The molecule has 0 fully saturated rings. The number of hydrogen-bond acceptors (Lipinski definition) is 5. The molecule has 2 aromatic carbocycles. The predicted molar refractivity (Wildman–Crippen MR) is 133 cm³/mol. The number of halogens is 1. The van der Waals surface area contributed by atoms with Crippen molar-refractivity contribution >= 4 is 35.0 Å². The molecule has 0 aliphatic carbocycles. The van der Waals surface area contributed by atoms with Gasteiger partial charge in [0.2, 0.25) is 5.91 Å². The van der Waals surface area contributed by atoms with Crippen molar-refractivity contribution in [3.63, 3.8) is 0 Å². The predicted octanol–water partition coefficient (Wildman–Crippen LogP) is 6.28. The monoisotopic (exact) mass is 480 g/mol. The molecule has 0 spiro atoms. The zero-order chi connectivity index (χ0) is 23.5. The van der Waals surface area contributed by atoms with Gasteiger partial charge in [0, 0.05) is 16.3 Å². The van der Waals surface area contributed by atoms with E-state index in [1.165, 1.54) is 17.3 Å². The number of rotatable bonds is 7.